The second-order valence-corrected chi connectivity index (χ2v) is 4.80. The molecule has 0 amide bonds. The van der Waals surface area contributed by atoms with Gasteiger partial charge in [0.1, 0.15) is 11.0 Å². The lowest BCUT2D eigenvalue weighted by molar-refractivity contribution is 0.753. The van der Waals surface area contributed by atoms with Gasteiger partial charge in [0.25, 0.3) is 0 Å². The van der Waals surface area contributed by atoms with Gasteiger partial charge in [0, 0.05) is 17.9 Å². The number of nitriles is 1. The van der Waals surface area contributed by atoms with Crippen molar-refractivity contribution in [2.24, 2.45) is 0 Å². The molecule has 5 heteroatoms. The Morgan fingerprint density at radius 2 is 2.00 bits per heavy atom. The van der Waals surface area contributed by atoms with Crippen LogP contribution < -0.4 is 4.90 Å². The number of benzene rings is 1. The molecule has 0 aliphatic carbocycles. The lowest BCUT2D eigenvalue weighted by Crippen LogP contribution is -2.25. The number of nitrogens with zero attached hydrogens (tertiary/aromatic N) is 4. The molecule has 1 aromatic carbocycles. The summed E-state index contributed by atoms with van der Waals surface area (Å²) < 4.78 is 0. The molecule has 0 fully saturated rings. The van der Waals surface area contributed by atoms with E-state index in [1.165, 1.54) is 0 Å². The molecule has 0 bridgehead atoms. The minimum Gasteiger partial charge on any atom is -0.363 e. The highest BCUT2D eigenvalue weighted by molar-refractivity contribution is 6.29. The van der Waals surface area contributed by atoms with E-state index < -0.39 is 0 Å². The van der Waals surface area contributed by atoms with Crippen molar-refractivity contribution >= 4 is 17.3 Å². The fourth-order valence-corrected chi connectivity index (χ4v) is 2.21. The van der Waals surface area contributed by atoms with Crippen molar-refractivity contribution < 1.29 is 0 Å². The Morgan fingerprint density at radius 3 is 2.65 bits per heavy atom. The molecule has 2 aromatic rings. The predicted molar refractivity (Wildman–Crippen MR) is 79.5 cm³/mol. The first-order valence-corrected chi connectivity index (χ1v) is 6.74. The van der Waals surface area contributed by atoms with Crippen molar-refractivity contribution in [3.63, 3.8) is 0 Å². The van der Waals surface area contributed by atoms with E-state index in [0.717, 1.165) is 11.4 Å². The molecule has 1 heterocycles. The molecule has 20 heavy (non-hydrogen) atoms. The van der Waals surface area contributed by atoms with E-state index in [1.54, 1.807) is 6.07 Å². The van der Waals surface area contributed by atoms with Crippen LogP contribution in [0, 0.1) is 18.3 Å². The van der Waals surface area contributed by atoms with Crippen molar-refractivity contribution in [2.75, 3.05) is 11.4 Å². The summed E-state index contributed by atoms with van der Waals surface area (Å²) in [5.41, 5.74) is 1.89. The SMILES string of the molecule is Cc1cc(Cl)nc(CN(CCC#N)c2ccccc2)n1. The monoisotopic (exact) mass is 286 g/mol. The number of para-hydroxylation sites is 1. The molecule has 0 radical (unpaired) electrons. The van der Waals surface area contributed by atoms with E-state index in [0.29, 0.717) is 30.5 Å². The summed E-state index contributed by atoms with van der Waals surface area (Å²) in [5.74, 6) is 0.664. The van der Waals surface area contributed by atoms with Crippen LogP contribution in [-0.2, 0) is 6.54 Å². The van der Waals surface area contributed by atoms with Crippen molar-refractivity contribution in [3.05, 3.63) is 53.1 Å². The van der Waals surface area contributed by atoms with E-state index in [1.807, 2.05) is 37.3 Å². The number of aromatic nitrogens is 2. The van der Waals surface area contributed by atoms with Gasteiger partial charge in [-0.1, -0.05) is 29.8 Å². The molecule has 2 rings (SSSR count). The number of aryl methyl sites for hydroxylation is 1. The average molecular weight is 287 g/mol. The first kappa shape index (κ1) is 14.3. The predicted octanol–water partition coefficient (Wildman–Crippen LogP) is 3.36. The number of hydrogen-bond donors (Lipinski definition) is 0. The topological polar surface area (TPSA) is 52.8 Å². The standard InChI is InChI=1S/C15H15ClN4/c1-12-10-14(16)19-15(18-12)11-20(9-5-8-17)13-6-3-2-4-7-13/h2-4,6-7,10H,5,9,11H2,1H3. The van der Waals surface area contributed by atoms with Crippen LogP contribution in [0.25, 0.3) is 0 Å². The van der Waals surface area contributed by atoms with E-state index in [4.69, 9.17) is 16.9 Å². The molecule has 0 spiro atoms. The van der Waals surface area contributed by atoms with E-state index >= 15 is 0 Å². The van der Waals surface area contributed by atoms with E-state index in [-0.39, 0.29) is 0 Å². The third kappa shape index (κ3) is 3.94. The van der Waals surface area contributed by atoms with Crippen molar-refractivity contribution in [3.8, 4) is 6.07 Å². The summed E-state index contributed by atoms with van der Waals surface area (Å²) in [6.45, 7) is 3.06. The summed E-state index contributed by atoms with van der Waals surface area (Å²) in [6.07, 6.45) is 0.453. The average Bonchev–Trinajstić information content (AvgIpc) is 2.43. The molecule has 0 aliphatic heterocycles. The van der Waals surface area contributed by atoms with Gasteiger partial charge in [-0.15, -0.1) is 0 Å². The molecule has 0 unspecified atom stereocenters. The Labute approximate surface area is 123 Å². The first-order valence-electron chi connectivity index (χ1n) is 6.36. The van der Waals surface area contributed by atoms with Gasteiger partial charge >= 0.3 is 0 Å². The summed E-state index contributed by atoms with van der Waals surface area (Å²) in [4.78, 5) is 10.7. The second-order valence-electron chi connectivity index (χ2n) is 4.41. The van der Waals surface area contributed by atoms with Crippen LogP contribution in [-0.4, -0.2) is 16.5 Å². The Bertz CT molecular complexity index is 587. The number of halogens is 1. The normalized spacial score (nSPS) is 10.1. The minimum absolute atomic E-state index is 0.445. The minimum atomic E-state index is 0.445. The highest BCUT2D eigenvalue weighted by Gasteiger charge is 2.10. The Morgan fingerprint density at radius 1 is 1.25 bits per heavy atom. The first-order chi connectivity index (χ1) is 9.69. The highest BCUT2D eigenvalue weighted by Crippen LogP contribution is 2.17. The molecule has 1 aromatic heterocycles. The largest absolute Gasteiger partial charge is 0.363 e. The third-order valence-electron chi connectivity index (χ3n) is 2.82. The van der Waals surface area contributed by atoms with Gasteiger partial charge in [-0.25, -0.2) is 9.97 Å². The van der Waals surface area contributed by atoms with Gasteiger partial charge in [0.05, 0.1) is 19.0 Å². The van der Waals surface area contributed by atoms with E-state index in [9.17, 15) is 0 Å². The van der Waals surface area contributed by atoms with Crippen LogP contribution >= 0.6 is 11.6 Å². The molecule has 0 atom stereocenters. The van der Waals surface area contributed by atoms with Crippen LogP contribution in [0.3, 0.4) is 0 Å². The number of hydrogen-bond acceptors (Lipinski definition) is 4. The fraction of sp³-hybridized carbons (Fsp3) is 0.267. The second kappa shape index (κ2) is 6.88. The van der Waals surface area contributed by atoms with Crippen LogP contribution in [0.15, 0.2) is 36.4 Å². The summed E-state index contributed by atoms with van der Waals surface area (Å²) in [5, 5.41) is 9.23. The molecule has 0 saturated carbocycles. The van der Waals surface area contributed by atoms with Crippen LogP contribution in [0.4, 0.5) is 5.69 Å². The maximum absolute atomic E-state index is 8.79. The zero-order valence-electron chi connectivity index (χ0n) is 11.3. The van der Waals surface area contributed by atoms with Crippen LogP contribution in [0.5, 0.6) is 0 Å². The van der Waals surface area contributed by atoms with Gasteiger partial charge < -0.3 is 4.90 Å². The van der Waals surface area contributed by atoms with Crippen molar-refractivity contribution in [2.45, 2.75) is 19.9 Å². The van der Waals surface area contributed by atoms with Crippen LogP contribution in [0.2, 0.25) is 5.15 Å². The quantitative estimate of drug-likeness (QED) is 0.791. The zero-order valence-corrected chi connectivity index (χ0v) is 12.0. The van der Waals surface area contributed by atoms with E-state index in [2.05, 4.69) is 20.9 Å². The Kier molecular flexibility index (Phi) is 4.91. The van der Waals surface area contributed by atoms with Crippen LogP contribution in [0.1, 0.15) is 17.9 Å². The molecule has 4 nitrogen and oxygen atoms in total. The van der Waals surface area contributed by atoms with Gasteiger partial charge in [-0.05, 0) is 25.1 Å². The molecule has 0 aliphatic rings. The van der Waals surface area contributed by atoms with Gasteiger partial charge in [-0.2, -0.15) is 5.26 Å². The molecule has 0 saturated heterocycles. The van der Waals surface area contributed by atoms with Gasteiger partial charge in [-0.3, -0.25) is 0 Å². The van der Waals surface area contributed by atoms with Gasteiger partial charge in [0.2, 0.25) is 0 Å². The van der Waals surface area contributed by atoms with Crippen molar-refractivity contribution in [1.82, 2.24) is 9.97 Å². The molecule has 0 N–H and O–H groups in total. The maximum atomic E-state index is 8.79. The summed E-state index contributed by atoms with van der Waals surface area (Å²) >= 11 is 5.96. The number of rotatable bonds is 5. The smallest absolute Gasteiger partial charge is 0.149 e. The molecule has 102 valence electrons. The molecular weight excluding hydrogens is 272 g/mol. The number of anilines is 1. The highest BCUT2D eigenvalue weighted by atomic mass is 35.5. The summed E-state index contributed by atoms with van der Waals surface area (Å²) in [7, 11) is 0. The lowest BCUT2D eigenvalue weighted by Gasteiger charge is -2.23. The molecular formula is C15H15ClN4. The Balaban J connectivity index is 2.21. The third-order valence-corrected chi connectivity index (χ3v) is 3.01. The fourth-order valence-electron chi connectivity index (χ4n) is 1.95. The zero-order chi connectivity index (χ0) is 14.4. The maximum Gasteiger partial charge on any atom is 0.149 e. The lowest BCUT2D eigenvalue weighted by atomic mass is 10.2. The van der Waals surface area contributed by atoms with Crippen molar-refractivity contribution in [1.29, 1.82) is 5.26 Å². The summed E-state index contributed by atoms with van der Waals surface area (Å²) in [6, 6.07) is 13.8. The Hall–Kier alpha value is -2.12. The van der Waals surface area contributed by atoms with Gasteiger partial charge in [0.15, 0.2) is 0 Å².